The third-order valence-corrected chi connectivity index (χ3v) is 13.5. The molecule has 3 aliphatic rings. The van der Waals surface area contributed by atoms with E-state index in [9.17, 15) is 24.0 Å². The largest absolute Gasteiger partial charge is 0.493 e. The molecule has 0 bridgehead atoms. The van der Waals surface area contributed by atoms with Crippen molar-refractivity contribution in [3.63, 3.8) is 0 Å². The Balaban J connectivity index is 1.03. The second kappa shape index (κ2) is 22.1. The van der Waals surface area contributed by atoms with Crippen LogP contribution >= 0.6 is 12.6 Å². The molecule has 0 spiro atoms. The zero-order chi connectivity index (χ0) is 52.1. The standard InChI is InChI=1S/C56H63N7O9S/c1-32(2)51(61-50(64)17-19-56(4,5)73)53(66)59-33(3)52(65)60-38-22-34(30-71-48-27-42(57-6)40(25-46(48)69-7)54(67)62-20-18-36-13-9-11-15-44(36)62)21-35(23-38)31-72-49-28-43-41(26-47(49)70-8)55(68)63-39(29-58-43)24-37-14-10-12-16-45(37)63/h9-16,21-23,25-28,32-33,39,51,58,73H,6,17-20,24,29-31H2,1-5,7-8H3,(H,59,66)(H,60,65)(H,61,64). The van der Waals surface area contributed by atoms with E-state index in [0.29, 0.717) is 81.8 Å². The molecule has 0 aromatic heterocycles. The maximum atomic E-state index is 14.1. The Hall–Kier alpha value is -7.53. The van der Waals surface area contributed by atoms with Crippen LogP contribution in [0.3, 0.4) is 0 Å². The average Bonchev–Trinajstić information content (AvgIpc) is 3.95. The van der Waals surface area contributed by atoms with Crippen LogP contribution in [0.5, 0.6) is 23.0 Å². The number of hydrogen-bond acceptors (Lipinski definition) is 12. The second-order valence-electron chi connectivity index (χ2n) is 19.5. The van der Waals surface area contributed by atoms with Crippen LogP contribution in [0.4, 0.5) is 28.4 Å². The number of thiol groups is 1. The van der Waals surface area contributed by atoms with Gasteiger partial charge in [0.1, 0.15) is 25.3 Å². The Morgan fingerprint density at radius 1 is 0.822 bits per heavy atom. The number of benzene rings is 5. The van der Waals surface area contributed by atoms with Crippen molar-refractivity contribution in [2.24, 2.45) is 10.9 Å². The van der Waals surface area contributed by atoms with Crippen molar-refractivity contribution in [2.45, 2.75) is 96.4 Å². The van der Waals surface area contributed by atoms with E-state index in [0.717, 1.165) is 35.3 Å². The number of carbonyl (C=O) groups is 5. The predicted octanol–water partition coefficient (Wildman–Crippen LogP) is 8.47. The minimum atomic E-state index is -1.01. The number of amides is 5. The fourth-order valence-corrected chi connectivity index (χ4v) is 9.48. The average molecular weight is 1010 g/mol. The van der Waals surface area contributed by atoms with E-state index >= 15 is 0 Å². The van der Waals surface area contributed by atoms with Crippen molar-refractivity contribution in [1.82, 2.24) is 10.6 Å². The van der Waals surface area contributed by atoms with Gasteiger partial charge in [-0.3, -0.25) is 29.0 Å². The van der Waals surface area contributed by atoms with Gasteiger partial charge < -0.3 is 50.0 Å². The SMILES string of the molecule is C=Nc1cc(OCc2cc(COc3cc4c(cc3OC)C(=O)N3c5ccccc5CC3CN4)cc(NC(=O)C(C)NC(=O)C(NC(=O)CCC(C)(C)S)C(C)C)c2)c(OC)cc1C(=O)N1CCc2ccccc21. The molecule has 5 aromatic carbocycles. The van der Waals surface area contributed by atoms with Gasteiger partial charge in [-0.1, -0.05) is 64.1 Å². The first kappa shape index (κ1) is 51.8. The molecular formula is C56H63N7O9S. The third-order valence-electron chi connectivity index (χ3n) is 13.3. The Labute approximate surface area is 431 Å². The minimum Gasteiger partial charge on any atom is -0.493 e. The molecule has 3 unspecified atom stereocenters. The van der Waals surface area contributed by atoms with Crippen LogP contribution in [0.25, 0.3) is 0 Å². The normalized spacial score (nSPS) is 15.4. The maximum Gasteiger partial charge on any atom is 0.260 e. The lowest BCUT2D eigenvalue weighted by Gasteiger charge is -2.24. The van der Waals surface area contributed by atoms with Gasteiger partial charge >= 0.3 is 0 Å². The monoisotopic (exact) mass is 1010 g/mol. The lowest BCUT2D eigenvalue weighted by molar-refractivity contribution is -0.131. The number of ether oxygens (including phenoxy) is 4. The summed E-state index contributed by atoms with van der Waals surface area (Å²) in [5.41, 5.74) is 7.26. The van der Waals surface area contributed by atoms with Crippen LogP contribution in [-0.2, 0) is 40.4 Å². The van der Waals surface area contributed by atoms with Crippen LogP contribution in [0, 0.1) is 5.92 Å². The van der Waals surface area contributed by atoms with Crippen molar-refractivity contribution in [2.75, 3.05) is 47.7 Å². The summed E-state index contributed by atoms with van der Waals surface area (Å²) in [6, 6.07) is 25.8. The van der Waals surface area contributed by atoms with Crippen molar-refractivity contribution < 1.29 is 42.9 Å². The molecule has 17 heteroatoms. The number of nitrogens with one attached hydrogen (secondary N) is 4. The second-order valence-corrected chi connectivity index (χ2v) is 20.8. The van der Waals surface area contributed by atoms with Gasteiger partial charge in [0.25, 0.3) is 11.8 Å². The summed E-state index contributed by atoms with van der Waals surface area (Å²) in [5, 5.41) is 12.0. The first-order valence-electron chi connectivity index (χ1n) is 24.4. The Bertz CT molecular complexity index is 2950. The number of carbonyl (C=O) groups excluding carboxylic acids is 5. The van der Waals surface area contributed by atoms with Crippen molar-refractivity contribution in [1.29, 1.82) is 0 Å². The Morgan fingerprint density at radius 3 is 2.12 bits per heavy atom. The molecule has 5 aromatic rings. The molecule has 0 saturated heterocycles. The molecule has 4 N–H and O–H groups in total. The zero-order valence-electron chi connectivity index (χ0n) is 42.3. The maximum absolute atomic E-state index is 14.1. The zero-order valence-corrected chi connectivity index (χ0v) is 43.2. The van der Waals surface area contributed by atoms with Gasteiger partial charge in [-0.25, -0.2) is 0 Å². The van der Waals surface area contributed by atoms with Gasteiger partial charge in [-0.2, -0.15) is 12.6 Å². The highest BCUT2D eigenvalue weighted by Crippen LogP contribution is 2.42. The van der Waals surface area contributed by atoms with E-state index in [4.69, 9.17) is 18.9 Å². The summed E-state index contributed by atoms with van der Waals surface area (Å²) in [7, 11) is 3.00. The van der Waals surface area contributed by atoms with Gasteiger partial charge in [-0.05, 0) is 104 Å². The number of fused-ring (bicyclic) bond motifs is 5. The molecule has 0 fully saturated rings. The van der Waals surface area contributed by atoms with E-state index < -0.39 is 23.9 Å². The lowest BCUT2D eigenvalue weighted by Crippen LogP contribution is -2.53. The van der Waals surface area contributed by atoms with Crippen LogP contribution in [0.15, 0.2) is 96.0 Å². The molecule has 3 heterocycles. The summed E-state index contributed by atoms with van der Waals surface area (Å²) < 4.78 is 24.0. The molecule has 8 rings (SSSR count). The number of rotatable bonds is 19. The molecular weight excluding hydrogens is 947 g/mol. The Kier molecular flexibility index (Phi) is 15.7. The topological polar surface area (TPSA) is 189 Å². The van der Waals surface area contributed by atoms with Crippen LogP contribution < -0.4 is 50.0 Å². The van der Waals surface area contributed by atoms with E-state index in [1.165, 1.54) is 14.2 Å². The van der Waals surface area contributed by atoms with Gasteiger partial charge in [0.15, 0.2) is 23.0 Å². The van der Waals surface area contributed by atoms with Crippen molar-refractivity contribution in [3.05, 3.63) is 124 Å². The van der Waals surface area contributed by atoms with Gasteiger partial charge in [-0.15, -0.1) is 0 Å². The molecule has 73 heavy (non-hydrogen) atoms. The van der Waals surface area contributed by atoms with Crippen LogP contribution in [0.1, 0.15) is 90.4 Å². The molecule has 16 nitrogen and oxygen atoms in total. The van der Waals surface area contributed by atoms with E-state index in [1.54, 1.807) is 48.2 Å². The quantitative estimate of drug-likeness (QED) is 0.0397. The number of hydrogen-bond donors (Lipinski definition) is 5. The van der Waals surface area contributed by atoms with Crippen LogP contribution in [0.2, 0.25) is 0 Å². The van der Waals surface area contributed by atoms with E-state index in [-0.39, 0.29) is 54.1 Å². The molecule has 3 aliphatic heterocycles. The van der Waals surface area contributed by atoms with Gasteiger partial charge in [0.05, 0.1) is 42.8 Å². The molecule has 0 radical (unpaired) electrons. The van der Waals surface area contributed by atoms with E-state index in [1.807, 2.05) is 81.1 Å². The third kappa shape index (κ3) is 11.7. The highest BCUT2D eigenvalue weighted by Gasteiger charge is 2.38. The predicted molar refractivity (Wildman–Crippen MR) is 287 cm³/mol. The summed E-state index contributed by atoms with van der Waals surface area (Å²) in [6.45, 7) is 13.8. The van der Waals surface area contributed by atoms with Crippen molar-refractivity contribution >= 4 is 77.3 Å². The molecule has 5 amide bonds. The number of anilines is 4. The summed E-state index contributed by atoms with van der Waals surface area (Å²) in [4.78, 5) is 76.1. The van der Waals surface area contributed by atoms with Crippen LogP contribution in [-0.4, -0.2) is 86.4 Å². The molecule has 0 aliphatic carbocycles. The first-order valence-corrected chi connectivity index (χ1v) is 24.9. The number of aliphatic imine (C=N–C) groups is 1. The lowest BCUT2D eigenvalue weighted by atomic mass is 10.0. The fraction of sp³-hybridized carbons (Fsp3) is 0.357. The fourth-order valence-electron chi connectivity index (χ4n) is 9.37. The summed E-state index contributed by atoms with van der Waals surface area (Å²) >= 11 is 4.51. The number of para-hydroxylation sites is 2. The number of nitrogens with zero attached hydrogens (tertiary/aromatic N) is 3. The Morgan fingerprint density at radius 2 is 1.47 bits per heavy atom. The molecule has 0 saturated carbocycles. The highest BCUT2D eigenvalue weighted by atomic mass is 32.1. The van der Waals surface area contributed by atoms with Crippen molar-refractivity contribution in [3.8, 4) is 23.0 Å². The highest BCUT2D eigenvalue weighted by molar-refractivity contribution is 7.81. The number of methoxy groups -OCH3 is 2. The first-order chi connectivity index (χ1) is 34.9. The van der Waals surface area contributed by atoms with E-state index in [2.05, 4.69) is 51.7 Å². The molecule has 382 valence electrons. The minimum absolute atomic E-state index is 0.00131. The molecule has 3 atom stereocenters. The van der Waals surface area contributed by atoms with Gasteiger partial charge in [0.2, 0.25) is 17.7 Å². The summed E-state index contributed by atoms with van der Waals surface area (Å²) in [5.74, 6) is -0.595. The smallest absolute Gasteiger partial charge is 0.260 e. The van der Waals surface area contributed by atoms with Gasteiger partial charge in [0, 0.05) is 53.5 Å². The summed E-state index contributed by atoms with van der Waals surface area (Å²) in [6.07, 6.45) is 2.18.